The number of hydrogen-bond donors (Lipinski definition) is 5. The van der Waals surface area contributed by atoms with Crippen LogP contribution in [0.15, 0.2) is 110 Å². The number of amides is 2. The maximum Gasteiger partial charge on any atom is 2.00 e. The minimum Gasteiger partial charge on any atom is -1.00 e. The van der Waals surface area contributed by atoms with E-state index >= 15 is 0 Å². The molecule has 9 nitrogen and oxygen atoms in total. The van der Waals surface area contributed by atoms with Crippen LogP contribution in [0, 0.1) is 0 Å². The standard InChI is InChI=1S/C23H21N3O.C23H19N3O.CH4O.Mg.2H/c2*27-23-21(18(12-25-23)17-11-24-20-9-2-1-7-15(17)20)19-13-26-10-4-6-14-5-3-8-16(19)22(14)26;1-2;;;/h1-3,5,7-9,11,13,18,21,24H,4,6,10,12H2,(H,25,27);1-3,5,7-9,11,13,24H,4,6,10,12H2,(H,25,27);2H,1H3;;;/q;;;+2;2*-1/t18-,21+;;;;;/m0...../s1. The number of aromatic amines is 2. The predicted octanol–water partition coefficient (Wildman–Crippen LogP) is 7.63. The molecule has 1 saturated heterocycles. The Bertz CT molecular complexity index is 2880. The molecule has 0 saturated carbocycles. The van der Waals surface area contributed by atoms with Gasteiger partial charge in [-0.05, 0) is 65.6 Å². The van der Waals surface area contributed by atoms with Gasteiger partial charge in [0.15, 0.2) is 0 Å². The first kappa shape index (κ1) is 37.0. The normalized spacial score (nSPS) is 18.3. The number of benzene rings is 4. The zero-order valence-corrected chi connectivity index (χ0v) is 33.5. The van der Waals surface area contributed by atoms with E-state index in [1.165, 1.54) is 55.9 Å². The average Bonchev–Trinajstić information content (AvgIpc) is 4.11. The van der Waals surface area contributed by atoms with E-state index in [4.69, 9.17) is 5.11 Å². The van der Waals surface area contributed by atoms with Crippen LogP contribution in [0.1, 0.15) is 60.9 Å². The second-order valence-electron chi connectivity index (χ2n) is 15.3. The van der Waals surface area contributed by atoms with Crippen molar-refractivity contribution in [2.75, 3.05) is 20.2 Å². The van der Waals surface area contributed by atoms with Crippen molar-refractivity contribution in [1.29, 1.82) is 0 Å². The molecule has 1 fully saturated rings. The van der Waals surface area contributed by atoms with Gasteiger partial charge in [0.1, 0.15) is 0 Å². The molecule has 4 aromatic heterocycles. The van der Waals surface area contributed by atoms with Gasteiger partial charge >= 0.3 is 23.1 Å². The number of aliphatic hydroxyl groups is 1. The third kappa shape index (κ3) is 6.00. The molecule has 8 heterocycles. The molecule has 12 rings (SSSR count). The van der Waals surface area contributed by atoms with Crippen LogP contribution in [-0.2, 0) is 35.5 Å². The van der Waals surface area contributed by atoms with Crippen LogP contribution in [0.3, 0.4) is 0 Å². The molecule has 0 radical (unpaired) electrons. The maximum atomic E-state index is 12.9. The SMILES string of the molecule is CO.O=C1NCC(c2c[nH]c3ccccc23)=C1c1cn2c3c(cccc13)CCC2.O=C1NC[C@@H](c2c[nH]c3ccccc23)[C@@H]1c1cn2c3c(cccc13)CCC2.[H-].[H-].[Mg+2]. The molecule has 0 spiro atoms. The molecule has 10 heteroatoms. The molecule has 2 atom stereocenters. The number of aliphatic hydroxyl groups excluding tert-OH is 1. The number of para-hydroxylation sites is 4. The van der Waals surface area contributed by atoms with Crippen molar-refractivity contribution in [2.45, 2.75) is 50.6 Å². The fourth-order valence-corrected chi connectivity index (χ4v) is 9.97. The van der Waals surface area contributed by atoms with Crippen molar-refractivity contribution in [3.63, 3.8) is 0 Å². The van der Waals surface area contributed by atoms with Gasteiger partial charge in [-0.2, -0.15) is 0 Å². The molecular formula is C47H46MgN6O3. The first-order valence-corrected chi connectivity index (χ1v) is 19.7. The number of carbonyl (C=O) groups excluding carboxylic acids is 2. The van der Waals surface area contributed by atoms with Crippen molar-refractivity contribution in [2.24, 2.45) is 0 Å². The summed E-state index contributed by atoms with van der Waals surface area (Å²) in [6.07, 6.45) is 13.1. The zero-order valence-electron chi connectivity index (χ0n) is 34.1. The number of rotatable bonds is 4. The number of hydrogen-bond acceptors (Lipinski definition) is 3. The van der Waals surface area contributed by atoms with Gasteiger partial charge in [-0.25, -0.2) is 0 Å². The first-order chi connectivity index (χ1) is 27.6. The van der Waals surface area contributed by atoms with Gasteiger partial charge in [-0.3, -0.25) is 9.59 Å². The number of fused-ring (bicyclic) bond motifs is 2. The van der Waals surface area contributed by atoms with E-state index < -0.39 is 0 Å². The Morgan fingerprint density at radius 2 is 1.26 bits per heavy atom. The largest absolute Gasteiger partial charge is 2.00 e. The number of aryl methyl sites for hydroxylation is 4. The molecule has 284 valence electrons. The fraction of sp³-hybridized carbons (Fsp3) is 0.234. The maximum absolute atomic E-state index is 12.9. The third-order valence-electron chi connectivity index (χ3n) is 12.4. The Hall–Kier alpha value is -5.55. The summed E-state index contributed by atoms with van der Waals surface area (Å²) in [7, 11) is 1.00. The summed E-state index contributed by atoms with van der Waals surface area (Å²) >= 11 is 0. The number of carbonyl (C=O) groups is 2. The minimum atomic E-state index is -0.138. The van der Waals surface area contributed by atoms with E-state index in [0.717, 1.165) is 78.2 Å². The molecule has 8 aromatic rings. The second kappa shape index (κ2) is 15.1. The molecule has 0 unspecified atom stereocenters. The second-order valence-corrected chi connectivity index (χ2v) is 15.3. The summed E-state index contributed by atoms with van der Waals surface area (Å²) in [6.45, 7) is 3.32. The van der Waals surface area contributed by atoms with Gasteiger partial charge in [0.05, 0.1) is 22.5 Å². The Morgan fingerprint density at radius 1 is 0.649 bits per heavy atom. The molecule has 0 bridgehead atoms. The van der Waals surface area contributed by atoms with Gasteiger partial charge in [0, 0.05) is 108 Å². The van der Waals surface area contributed by atoms with Gasteiger partial charge in [0.25, 0.3) is 5.91 Å². The topological polar surface area (TPSA) is 120 Å². The summed E-state index contributed by atoms with van der Waals surface area (Å²) < 4.78 is 4.69. The van der Waals surface area contributed by atoms with Crippen LogP contribution >= 0.6 is 0 Å². The van der Waals surface area contributed by atoms with Crippen molar-refractivity contribution in [3.8, 4) is 0 Å². The number of aromatic nitrogens is 4. The van der Waals surface area contributed by atoms with Gasteiger partial charge in [0.2, 0.25) is 5.91 Å². The molecule has 4 aliphatic rings. The molecule has 4 aromatic carbocycles. The first-order valence-electron chi connectivity index (χ1n) is 19.7. The third-order valence-corrected chi connectivity index (χ3v) is 12.4. The van der Waals surface area contributed by atoms with Crippen molar-refractivity contribution >= 4 is 89.6 Å². The average molecular weight is 767 g/mol. The number of nitrogens with zero attached hydrogens (tertiary/aromatic N) is 2. The van der Waals surface area contributed by atoms with Gasteiger partial charge < -0.3 is 37.7 Å². The Balaban J connectivity index is 0.000000164. The van der Waals surface area contributed by atoms with Crippen LogP contribution in [-0.4, -0.2) is 79.3 Å². The van der Waals surface area contributed by atoms with E-state index in [1.807, 2.05) is 24.4 Å². The molecule has 0 aliphatic carbocycles. The van der Waals surface area contributed by atoms with E-state index in [1.54, 1.807) is 0 Å². The van der Waals surface area contributed by atoms with Crippen LogP contribution in [0.25, 0.3) is 54.8 Å². The number of H-pyrrole nitrogens is 2. The summed E-state index contributed by atoms with van der Waals surface area (Å²) in [5.41, 5.74) is 14.2. The van der Waals surface area contributed by atoms with Gasteiger partial charge in [-0.15, -0.1) is 0 Å². The van der Waals surface area contributed by atoms with Crippen LogP contribution in [0.5, 0.6) is 0 Å². The number of nitrogens with one attached hydrogen (secondary N) is 4. The smallest absolute Gasteiger partial charge is 1.00 e. The van der Waals surface area contributed by atoms with E-state index in [0.29, 0.717) is 13.1 Å². The fourth-order valence-electron chi connectivity index (χ4n) is 9.97. The monoisotopic (exact) mass is 766 g/mol. The van der Waals surface area contributed by atoms with Crippen LogP contribution in [0.2, 0.25) is 0 Å². The van der Waals surface area contributed by atoms with Crippen molar-refractivity contribution in [3.05, 3.63) is 143 Å². The van der Waals surface area contributed by atoms with E-state index in [2.05, 4.69) is 115 Å². The molecular weight excluding hydrogens is 721 g/mol. The summed E-state index contributed by atoms with van der Waals surface area (Å²) in [4.78, 5) is 32.5. The molecule has 4 aliphatic heterocycles. The zero-order chi connectivity index (χ0) is 37.9. The van der Waals surface area contributed by atoms with Gasteiger partial charge in [-0.1, -0.05) is 72.8 Å². The Labute approximate surface area is 349 Å². The predicted molar refractivity (Wildman–Crippen MR) is 232 cm³/mol. The molecule has 2 amide bonds. The van der Waals surface area contributed by atoms with Crippen molar-refractivity contribution < 1.29 is 17.5 Å². The quantitative estimate of drug-likeness (QED) is 0.119. The van der Waals surface area contributed by atoms with Crippen molar-refractivity contribution in [1.82, 2.24) is 29.7 Å². The van der Waals surface area contributed by atoms with Crippen LogP contribution < -0.4 is 10.6 Å². The summed E-state index contributed by atoms with van der Waals surface area (Å²) in [5.74, 6) is 0.186. The Kier molecular flexibility index (Phi) is 9.80. The van der Waals surface area contributed by atoms with E-state index in [-0.39, 0.29) is 49.6 Å². The molecule has 57 heavy (non-hydrogen) atoms. The Morgan fingerprint density at radius 3 is 2.02 bits per heavy atom. The summed E-state index contributed by atoms with van der Waals surface area (Å²) in [6, 6.07) is 29.7. The van der Waals surface area contributed by atoms with E-state index in [9.17, 15) is 9.59 Å². The van der Waals surface area contributed by atoms with Crippen LogP contribution in [0.4, 0.5) is 0 Å². The molecule has 5 N–H and O–H groups in total. The summed E-state index contributed by atoms with van der Waals surface area (Å²) in [5, 5.41) is 18.0. The minimum absolute atomic E-state index is 0.